The molecule has 2 unspecified atom stereocenters. The number of nitrogens with zero attached hydrogens (tertiary/aromatic N) is 1. The fraction of sp³-hybridized carbons (Fsp3) is 0.278. The highest BCUT2D eigenvalue weighted by atomic mass is 19.1. The third-order valence-electron chi connectivity index (χ3n) is 3.88. The van der Waals surface area contributed by atoms with Crippen molar-refractivity contribution in [3.63, 3.8) is 0 Å². The molecule has 1 amide bonds. The number of hydrogen-bond acceptors (Lipinski definition) is 2. The van der Waals surface area contributed by atoms with Crippen LogP contribution in [0.2, 0.25) is 0 Å². The number of aliphatic hydroxyl groups excluding tert-OH is 1. The molecule has 2 rings (SSSR count). The molecular formula is C18H20FNO2. The second-order valence-electron chi connectivity index (χ2n) is 5.33. The second-order valence-corrected chi connectivity index (χ2v) is 5.33. The summed E-state index contributed by atoms with van der Waals surface area (Å²) in [5.41, 5.74) is 1.16. The highest BCUT2D eigenvalue weighted by Gasteiger charge is 2.22. The van der Waals surface area contributed by atoms with Crippen LogP contribution in [0.4, 0.5) is 4.39 Å². The highest BCUT2D eigenvalue weighted by Crippen LogP contribution is 2.24. The molecule has 0 aliphatic carbocycles. The van der Waals surface area contributed by atoms with Gasteiger partial charge in [-0.3, -0.25) is 4.79 Å². The van der Waals surface area contributed by atoms with E-state index in [0.717, 1.165) is 0 Å². The van der Waals surface area contributed by atoms with E-state index in [1.807, 2.05) is 18.2 Å². The maximum absolute atomic E-state index is 13.8. The van der Waals surface area contributed by atoms with E-state index >= 15 is 0 Å². The predicted octanol–water partition coefficient (Wildman–Crippen LogP) is 3.47. The van der Waals surface area contributed by atoms with Gasteiger partial charge in [-0.1, -0.05) is 48.5 Å². The summed E-state index contributed by atoms with van der Waals surface area (Å²) in [6.45, 7) is 1.77. The minimum Gasteiger partial charge on any atom is -0.388 e. The largest absolute Gasteiger partial charge is 0.388 e. The molecule has 2 aromatic rings. The van der Waals surface area contributed by atoms with Crippen LogP contribution in [0, 0.1) is 5.82 Å². The van der Waals surface area contributed by atoms with Crippen LogP contribution in [0.1, 0.15) is 36.6 Å². The zero-order chi connectivity index (χ0) is 16.1. The van der Waals surface area contributed by atoms with Gasteiger partial charge in [0, 0.05) is 12.6 Å². The maximum atomic E-state index is 13.8. The molecule has 2 aromatic carbocycles. The number of carbonyl (C=O) groups excluding carboxylic acids is 1. The minimum atomic E-state index is -0.857. The molecule has 0 saturated carbocycles. The topological polar surface area (TPSA) is 40.5 Å². The maximum Gasteiger partial charge on any atom is 0.225 e. The number of carbonyl (C=O) groups is 1. The third kappa shape index (κ3) is 3.71. The Bertz CT molecular complexity index is 630. The summed E-state index contributed by atoms with van der Waals surface area (Å²) >= 11 is 0. The van der Waals surface area contributed by atoms with Gasteiger partial charge in [0.15, 0.2) is 0 Å². The van der Waals surface area contributed by atoms with Crippen molar-refractivity contribution in [2.45, 2.75) is 25.5 Å². The van der Waals surface area contributed by atoms with Crippen LogP contribution < -0.4 is 0 Å². The van der Waals surface area contributed by atoms with E-state index in [9.17, 15) is 14.3 Å². The van der Waals surface area contributed by atoms with Gasteiger partial charge in [-0.25, -0.2) is 4.39 Å². The smallest absolute Gasteiger partial charge is 0.225 e. The first kappa shape index (κ1) is 16.2. The van der Waals surface area contributed by atoms with Gasteiger partial charge in [0.2, 0.25) is 5.91 Å². The number of aliphatic hydroxyl groups is 1. The first-order chi connectivity index (χ1) is 10.5. The second kappa shape index (κ2) is 7.18. The molecule has 3 nitrogen and oxygen atoms in total. The summed E-state index contributed by atoms with van der Waals surface area (Å²) in [6.07, 6.45) is -0.886. The number of benzene rings is 2. The first-order valence-electron chi connectivity index (χ1n) is 7.23. The van der Waals surface area contributed by atoms with Gasteiger partial charge in [-0.05, 0) is 18.6 Å². The lowest BCUT2D eigenvalue weighted by Gasteiger charge is -2.26. The Labute approximate surface area is 130 Å². The molecule has 1 N–H and O–H groups in total. The van der Waals surface area contributed by atoms with Crippen molar-refractivity contribution in [1.82, 2.24) is 4.90 Å². The number of halogens is 1. The molecule has 0 aromatic heterocycles. The lowest BCUT2D eigenvalue weighted by molar-refractivity contribution is -0.134. The average molecular weight is 301 g/mol. The monoisotopic (exact) mass is 301 g/mol. The lowest BCUT2D eigenvalue weighted by atomic mass is 10.0. The Kier molecular flexibility index (Phi) is 5.28. The van der Waals surface area contributed by atoms with E-state index in [4.69, 9.17) is 0 Å². The lowest BCUT2D eigenvalue weighted by Crippen LogP contribution is -2.31. The van der Waals surface area contributed by atoms with Crippen molar-refractivity contribution in [1.29, 1.82) is 0 Å². The molecule has 0 heterocycles. The van der Waals surface area contributed by atoms with Gasteiger partial charge in [0.05, 0.1) is 18.6 Å². The minimum absolute atomic E-state index is 0.0285. The Morgan fingerprint density at radius 1 is 1.14 bits per heavy atom. The van der Waals surface area contributed by atoms with Crippen molar-refractivity contribution in [3.8, 4) is 0 Å². The van der Waals surface area contributed by atoms with E-state index in [1.54, 1.807) is 44.3 Å². The van der Waals surface area contributed by atoms with Crippen LogP contribution in [0.25, 0.3) is 0 Å². The van der Waals surface area contributed by atoms with Gasteiger partial charge in [-0.2, -0.15) is 0 Å². The van der Waals surface area contributed by atoms with E-state index < -0.39 is 12.1 Å². The highest BCUT2D eigenvalue weighted by molar-refractivity contribution is 5.77. The third-order valence-corrected chi connectivity index (χ3v) is 3.88. The van der Waals surface area contributed by atoms with Crippen molar-refractivity contribution in [3.05, 3.63) is 71.5 Å². The van der Waals surface area contributed by atoms with Crippen LogP contribution in [-0.2, 0) is 4.79 Å². The van der Waals surface area contributed by atoms with Crippen molar-refractivity contribution in [2.75, 3.05) is 7.05 Å². The fourth-order valence-corrected chi connectivity index (χ4v) is 2.34. The molecule has 0 saturated heterocycles. The molecule has 116 valence electrons. The molecule has 4 heteroatoms. The van der Waals surface area contributed by atoms with E-state index in [-0.39, 0.29) is 18.1 Å². The van der Waals surface area contributed by atoms with Crippen LogP contribution in [0.15, 0.2) is 54.6 Å². The number of hydrogen-bond donors (Lipinski definition) is 1. The van der Waals surface area contributed by atoms with E-state index in [0.29, 0.717) is 11.1 Å². The molecule has 0 aliphatic heterocycles. The van der Waals surface area contributed by atoms with Gasteiger partial charge >= 0.3 is 0 Å². The van der Waals surface area contributed by atoms with Crippen molar-refractivity contribution < 1.29 is 14.3 Å². The Hall–Kier alpha value is -2.20. The summed E-state index contributed by atoms with van der Waals surface area (Å²) in [4.78, 5) is 13.8. The van der Waals surface area contributed by atoms with Crippen LogP contribution in [0.5, 0.6) is 0 Å². The van der Waals surface area contributed by atoms with Crippen molar-refractivity contribution >= 4 is 5.91 Å². The van der Waals surface area contributed by atoms with Gasteiger partial charge < -0.3 is 10.0 Å². The molecule has 0 aliphatic rings. The van der Waals surface area contributed by atoms with E-state index in [2.05, 4.69) is 0 Å². The Morgan fingerprint density at radius 3 is 2.36 bits per heavy atom. The summed E-state index contributed by atoms with van der Waals surface area (Å²) < 4.78 is 13.8. The first-order valence-corrected chi connectivity index (χ1v) is 7.23. The Balaban J connectivity index is 2.04. The molecule has 0 radical (unpaired) electrons. The quantitative estimate of drug-likeness (QED) is 0.918. The Morgan fingerprint density at radius 2 is 1.73 bits per heavy atom. The molecule has 2 atom stereocenters. The molecular weight excluding hydrogens is 281 g/mol. The van der Waals surface area contributed by atoms with Crippen LogP contribution >= 0.6 is 0 Å². The summed E-state index contributed by atoms with van der Waals surface area (Å²) in [5, 5.41) is 10.1. The summed E-state index contributed by atoms with van der Waals surface area (Å²) in [5.74, 6) is -0.564. The fourth-order valence-electron chi connectivity index (χ4n) is 2.34. The van der Waals surface area contributed by atoms with Gasteiger partial charge in [0.25, 0.3) is 0 Å². The average Bonchev–Trinajstić information content (AvgIpc) is 2.54. The zero-order valence-electron chi connectivity index (χ0n) is 12.7. The molecule has 22 heavy (non-hydrogen) atoms. The molecule has 0 fully saturated rings. The molecule has 0 bridgehead atoms. The van der Waals surface area contributed by atoms with Crippen LogP contribution in [-0.4, -0.2) is 23.0 Å². The standard InChI is InChI=1S/C18H20FNO2/c1-13(15-10-6-7-11-16(15)19)20(2)18(22)12-17(21)14-8-4-3-5-9-14/h3-11,13,17,21H,12H2,1-2H3. The van der Waals surface area contributed by atoms with Crippen molar-refractivity contribution in [2.24, 2.45) is 0 Å². The summed E-state index contributed by atoms with van der Waals surface area (Å²) in [7, 11) is 1.62. The summed E-state index contributed by atoms with van der Waals surface area (Å²) in [6, 6.07) is 15.0. The normalized spacial score (nSPS) is 13.5. The molecule has 0 spiro atoms. The van der Waals surface area contributed by atoms with Crippen LogP contribution in [0.3, 0.4) is 0 Å². The van der Waals surface area contributed by atoms with Gasteiger partial charge in [-0.15, -0.1) is 0 Å². The number of rotatable bonds is 5. The van der Waals surface area contributed by atoms with E-state index in [1.165, 1.54) is 11.0 Å². The SMILES string of the molecule is CC(c1ccccc1F)N(C)C(=O)CC(O)c1ccccc1. The number of amides is 1. The van der Waals surface area contributed by atoms with Gasteiger partial charge in [0.1, 0.15) is 5.82 Å². The predicted molar refractivity (Wildman–Crippen MR) is 83.6 cm³/mol. The zero-order valence-corrected chi connectivity index (χ0v) is 12.7.